The Morgan fingerprint density at radius 2 is 2.12 bits per heavy atom. The average molecular weight is 304 g/mol. The summed E-state index contributed by atoms with van der Waals surface area (Å²) in [5.41, 5.74) is 0.385. The van der Waals surface area contributed by atoms with Crippen LogP contribution in [-0.4, -0.2) is 12.6 Å². The van der Waals surface area contributed by atoms with Gasteiger partial charge in [-0.15, -0.1) is 11.3 Å². The van der Waals surface area contributed by atoms with Crippen molar-refractivity contribution >= 4 is 27.3 Å². The number of nitrogens with one attached hydrogen (secondary N) is 1. The quantitative estimate of drug-likeness (QED) is 0.846. The molecule has 1 nitrogen and oxygen atoms in total. The first-order valence-electron chi connectivity index (χ1n) is 5.87. The topological polar surface area (TPSA) is 12.0 Å². The lowest BCUT2D eigenvalue weighted by molar-refractivity contribution is 0.310. The van der Waals surface area contributed by atoms with Gasteiger partial charge >= 0.3 is 0 Å². The number of likely N-dealkylation sites (N-methyl/N-ethyl adjacent to an activating group) is 1. The highest BCUT2D eigenvalue weighted by Gasteiger charge is 2.19. The van der Waals surface area contributed by atoms with Crippen LogP contribution in [0.15, 0.2) is 15.9 Å². The molecule has 0 fully saturated rings. The highest BCUT2D eigenvalue weighted by Crippen LogP contribution is 2.28. The Kier molecular flexibility index (Phi) is 5.48. The van der Waals surface area contributed by atoms with Crippen molar-refractivity contribution in [3.05, 3.63) is 20.8 Å². The average Bonchev–Trinajstić information content (AvgIpc) is 2.49. The summed E-state index contributed by atoms with van der Waals surface area (Å²) in [6.45, 7) is 10.1. The molecule has 0 bridgehead atoms. The lowest BCUT2D eigenvalue weighted by atomic mass is 9.87. The van der Waals surface area contributed by atoms with Gasteiger partial charge in [0.25, 0.3) is 0 Å². The van der Waals surface area contributed by atoms with Crippen LogP contribution in [0.5, 0.6) is 0 Å². The minimum atomic E-state index is 0.385. The van der Waals surface area contributed by atoms with E-state index >= 15 is 0 Å². The van der Waals surface area contributed by atoms with Crippen molar-refractivity contribution in [2.45, 2.75) is 46.6 Å². The normalized spacial score (nSPS) is 14.1. The van der Waals surface area contributed by atoms with Gasteiger partial charge in [-0.25, -0.2) is 0 Å². The van der Waals surface area contributed by atoms with Crippen LogP contribution in [0.4, 0.5) is 0 Å². The van der Waals surface area contributed by atoms with E-state index in [2.05, 4.69) is 60.4 Å². The second-order valence-corrected chi connectivity index (χ2v) is 7.27. The predicted molar refractivity (Wildman–Crippen MR) is 77.3 cm³/mol. The van der Waals surface area contributed by atoms with Crippen molar-refractivity contribution in [3.63, 3.8) is 0 Å². The molecule has 0 aliphatic carbocycles. The Balaban J connectivity index is 2.61. The molecule has 1 atom stereocenters. The van der Waals surface area contributed by atoms with E-state index in [-0.39, 0.29) is 0 Å². The zero-order valence-corrected chi connectivity index (χ0v) is 13.0. The standard InChI is InChI=1S/C13H22BrNS/c1-5-15-10(9-13(2,3)4)8-12-11(14)6-7-16-12/h6-7,10,15H,5,8-9H2,1-4H3. The summed E-state index contributed by atoms with van der Waals surface area (Å²) in [6, 6.07) is 2.72. The molecule has 0 spiro atoms. The molecule has 1 aromatic rings. The van der Waals surface area contributed by atoms with Crippen molar-refractivity contribution in [1.82, 2.24) is 5.32 Å². The smallest absolute Gasteiger partial charge is 0.0314 e. The maximum Gasteiger partial charge on any atom is 0.0314 e. The van der Waals surface area contributed by atoms with E-state index in [4.69, 9.17) is 0 Å². The molecule has 0 aliphatic heterocycles. The molecule has 92 valence electrons. The van der Waals surface area contributed by atoms with E-state index in [1.807, 2.05) is 11.3 Å². The van der Waals surface area contributed by atoms with E-state index in [1.54, 1.807) is 0 Å². The van der Waals surface area contributed by atoms with Gasteiger partial charge in [0, 0.05) is 15.4 Å². The third kappa shape index (κ3) is 4.98. The highest BCUT2D eigenvalue weighted by atomic mass is 79.9. The van der Waals surface area contributed by atoms with Crippen molar-refractivity contribution in [2.24, 2.45) is 5.41 Å². The van der Waals surface area contributed by atoms with Crippen LogP contribution < -0.4 is 5.32 Å². The second-order valence-electron chi connectivity index (χ2n) is 5.42. The van der Waals surface area contributed by atoms with E-state index < -0.39 is 0 Å². The fourth-order valence-electron chi connectivity index (χ4n) is 1.94. The largest absolute Gasteiger partial charge is 0.314 e. The summed E-state index contributed by atoms with van der Waals surface area (Å²) in [5, 5.41) is 5.74. The fraction of sp³-hybridized carbons (Fsp3) is 0.692. The molecule has 1 unspecified atom stereocenters. The summed E-state index contributed by atoms with van der Waals surface area (Å²) in [4.78, 5) is 1.45. The van der Waals surface area contributed by atoms with Crippen LogP contribution in [0.2, 0.25) is 0 Å². The molecule has 0 saturated heterocycles. The van der Waals surface area contributed by atoms with Gasteiger partial charge in [0.2, 0.25) is 0 Å². The molecule has 0 aliphatic rings. The summed E-state index contributed by atoms with van der Waals surface area (Å²) < 4.78 is 1.26. The molecule has 0 amide bonds. The van der Waals surface area contributed by atoms with Crippen molar-refractivity contribution in [3.8, 4) is 0 Å². The van der Waals surface area contributed by atoms with Gasteiger partial charge in [0.15, 0.2) is 0 Å². The van der Waals surface area contributed by atoms with Gasteiger partial charge in [0.1, 0.15) is 0 Å². The number of hydrogen-bond acceptors (Lipinski definition) is 2. The first-order valence-corrected chi connectivity index (χ1v) is 7.55. The van der Waals surface area contributed by atoms with E-state index in [0.717, 1.165) is 13.0 Å². The van der Waals surface area contributed by atoms with Gasteiger partial charge in [0.05, 0.1) is 0 Å². The lowest BCUT2D eigenvalue weighted by Gasteiger charge is -2.26. The van der Waals surface area contributed by atoms with Crippen LogP contribution in [0, 0.1) is 5.41 Å². The predicted octanol–water partition coefficient (Wildman–Crippen LogP) is 4.47. The van der Waals surface area contributed by atoms with E-state index in [9.17, 15) is 0 Å². The molecule has 16 heavy (non-hydrogen) atoms. The summed E-state index contributed by atoms with van der Waals surface area (Å²) in [6.07, 6.45) is 2.34. The number of hydrogen-bond donors (Lipinski definition) is 1. The lowest BCUT2D eigenvalue weighted by Crippen LogP contribution is -2.34. The first-order chi connectivity index (χ1) is 7.42. The molecule has 0 radical (unpaired) electrons. The summed E-state index contributed by atoms with van der Waals surface area (Å²) in [5.74, 6) is 0. The highest BCUT2D eigenvalue weighted by molar-refractivity contribution is 9.10. The Bertz CT molecular complexity index is 314. The van der Waals surface area contributed by atoms with Gasteiger partial charge in [-0.3, -0.25) is 0 Å². The van der Waals surface area contributed by atoms with Crippen molar-refractivity contribution in [2.75, 3.05) is 6.54 Å². The molecule has 1 aromatic heterocycles. The van der Waals surface area contributed by atoms with Crippen LogP contribution in [-0.2, 0) is 6.42 Å². The molecule has 3 heteroatoms. The monoisotopic (exact) mass is 303 g/mol. The maximum atomic E-state index is 3.61. The SMILES string of the molecule is CCNC(Cc1sccc1Br)CC(C)(C)C. The summed E-state index contributed by atoms with van der Waals surface area (Å²) >= 11 is 5.45. The molecule has 0 aromatic carbocycles. The molecular weight excluding hydrogens is 282 g/mol. The van der Waals surface area contributed by atoms with Gasteiger partial charge in [-0.05, 0) is 52.2 Å². The van der Waals surface area contributed by atoms with Crippen molar-refractivity contribution in [1.29, 1.82) is 0 Å². The fourth-order valence-corrected chi connectivity index (χ4v) is 3.53. The molecule has 1 rings (SSSR count). The van der Waals surface area contributed by atoms with Crippen LogP contribution in [0.1, 0.15) is 39.0 Å². The Morgan fingerprint density at radius 3 is 2.56 bits per heavy atom. The van der Waals surface area contributed by atoms with Crippen LogP contribution in [0.25, 0.3) is 0 Å². The minimum absolute atomic E-state index is 0.385. The van der Waals surface area contributed by atoms with E-state index in [1.165, 1.54) is 15.8 Å². The minimum Gasteiger partial charge on any atom is -0.314 e. The van der Waals surface area contributed by atoms with Crippen LogP contribution >= 0.6 is 27.3 Å². The Labute approximate surface area is 112 Å². The van der Waals surface area contributed by atoms with Gasteiger partial charge in [-0.1, -0.05) is 27.7 Å². The third-order valence-corrected chi connectivity index (χ3v) is 4.42. The maximum absolute atomic E-state index is 3.61. The molecular formula is C13H22BrNS. The molecule has 1 N–H and O–H groups in total. The number of halogens is 1. The Hall–Kier alpha value is 0.140. The molecule has 1 heterocycles. The van der Waals surface area contributed by atoms with Crippen LogP contribution in [0.3, 0.4) is 0 Å². The zero-order valence-electron chi connectivity index (χ0n) is 10.6. The third-order valence-electron chi connectivity index (χ3n) is 2.47. The van der Waals surface area contributed by atoms with Crippen molar-refractivity contribution < 1.29 is 0 Å². The molecule has 0 saturated carbocycles. The Morgan fingerprint density at radius 1 is 1.44 bits per heavy atom. The number of rotatable bonds is 5. The van der Waals surface area contributed by atoms with E-state index in [0.29, 0.717) is 11.5 Å². The second kappa shape index (κ2) is 6.18. The van der Waals surface area contributed by atoms with Gasteiger partial charge < -0.3 is 5.32 Å². The number of thiophene rings is 1. The van der Waals surface area contributed by atoms with Gasteiger partial charge in [-0.2, -0.15) is 0 Å². The first kappa shape index (κ1) is 14.2. The zero-order chi connectivity index (χ0) is 12.2. The summed E-state index contributed by atoms with van der Waals surface area (Å²) in [7, 11) is 0.